The van der Waals surface area contributed by atoms with Crippen LogP contribution >= 0.6 is 0 Å². The summed E-state index contributed by atoms with van der Waals surface area (Å²) >= 11 is 0. The van der Waals surface area contributed by atoms with Crippen LogP contribution in [-0.4, -0.2) is 47.6 Å². The van der Waals surface area contributed by atoms with Crippen molar-refractivity contribution < 1.29 is 27.3 Å². The van der Waals surface area contributed by atoms with Crippen molar-refractivity contribution in [2.24, 2.45) is 0 Å². The summed E-state index contributed by atoms with van der Waals surface area (Å²) in [7, 11) is -3.37. The van der Waals surface area contributed by atoms with Gasteiger partial charge in [-0.15, -0.1) is 0 Å². The van der Waals surface area contributed by atoms with E-state index in [1.807, 2.05) is 6.07 Å². The van der Waals surface area contributed by atoms with E-state index in [1.54, 1.807) is 18.2 Å². The summed E-state index contributed by atoms with van der Waals surface area (Å²) in [6.07, 6.45) is 1.49. The van der Waals surface area contributed by atoms with Crippen molar-refractivity contribution in [3.63, 3.8) is 0 Å². The number of hydrogen-bond donors (Lipinski definition) is 0. The molecule has 1 saturated heterocycles. The normalized spacial score (nSPS) is 21.5. The molecule has 0 radical (unpaired) electrons. The highest BCUT2D eigenvalue weighted by Crippen LogP contribution is 2.32. The summed E-state index contributed by atoms with van der Waals surface area (Å²) < 4.78 is 29.5. The Morgan fingerprint density at radius 3 is 2.64 bits per heavy atom. The number of nitrogens with zero attached hydrogens (tertiary/aromatic N) is 3. The lowest BCUT2D eigenvalue weighted by atomic mass is 9.93. The van der Waals surface area contributed by atoms with Crippen LogP contribution in [0.2, 0.25) is 0 Å². The predicted molar refractivity (Wildman–Crippen MR) is 116 cm³/mol. The molecular weight excluding hydrogens is 450 g/mol. The molecule has 168 valence electrons. The summed E-state index contributed by atoms with van der Waals surface area (Å²) in [6, 6.07) is 9.95. The van der Waals surface area contributed by atoms with Crippen LogP contribution in [0, 0.1) is 21.4 Å². The minimum Gasteiger partial charge on any atom is -0.457 e. The van der Waals surface area contributed by atoms with Gasteiger partial charge in [-0.05, 0) is 37.1 Å². The first-order valence-corrected chi connectivity index (χ1v) is 11.7. The van der Waals surface area contributed by atoms with Crippen LogP contribution in [0.15, 0.2) is 57.5 Å². The Morgan fingerprint density at radius 1 is 1.24 bits per heavy atom. The number of imide groups is 1. The third kappa shape index (κ3) is 4.08. The number of carbonyl (C=O) groups excluding carboxylic acids is 2. The molecule has 10 nitrogen and oxygen atoms in total. The van der Waals surface area contributed by atoms with Gasteiger partial charge in [-0.1, -0.05) is 12.1 Å². The zero-order chi connectivity index (χ0) is 23.9. The lowest BCUT2D eigenvalue weighted by Gasteiger charge is -2.31. The molecule has 1 aromatic carbocycles. The molecule has 2 aromatic rings. The molecule has 0 unspecified atom stereocenters. The van der Waals surface area contributed by atoms with Gasteiger partial charge in [0.25, 0.3) is 17.5 Å². The van der Waals surface area contributed by atoms with E-state index in [0.717, 1.165) is 4.90 Å². The van der Waals surface area contributed by atoms with E-state index in [1.165, 1.54) is 31.2 Å². The molecule has 0 N–H and O–H groups in total. The van der Waals surface area contributed by atoms with E-state index in [0.29, 0.717) is 11.3 Å². The Labute approximate surface area is 188 Å². The van der Waals surface area contributed by atoms with Gasteiger partial charge in [0.15, 0.2) is 9.84 Å². The van der Waals surface area contributed by atoms with Gasteiger partial charge in [-0.25, -0.2) is 8.42 Å². The highest BCUT2D eigenvalue weighted by atomic mass is 32.2. The van der Waals surface area contributed by atoms with Gasteiger partial charge in [0, 0.05) is 23.3 Å². The molecule has 1 aromatic heterocycles. The minimum absolute atomic E-state index is 0.0374. The van der Waals surface area contributed by atoms with Crippen LogP contribution in [0.5, 0.6) is 0 Å². The molecular formula is C22H17N3O7S. The second-order valence-electron chi connectivity index (χ2n) is 7.72. The fraction of sp³-hybridized carbons (Fsp3) is 0.227. The van der Waals surface area contributed by atoms with Gasteiger partial charge in [-0.2, -0.15) is 5.26 Å². The topological polar surface area (TPSA) is 152 Å². The predicted octanol–water partition coefficient (Wildman–Crippen LogP) is 2.63. The molecule has 1 fully saturated rings. The highest BCUT2D eigenvalue weighted by Gasteiger charge is 2.43. The smallest absolute Gasteiger partial charge is 0.271 e. The first-order valence-electron chi connectivity index (χ1n) is 9.87. The second kappa shape index (κ2) is 8.14. The molecule has 11 heteroatoms. The van der Waals surface area contributed by atoms with Gasteiger partial charge in [0.1, 0.15) is 23.2 Å². The number of furan rings is 1. The monoisotopic (exact) mass is 467 g/mol. The van der Waals surface area contributed by atoms with Gasteiger partial charge >= 0.3 is 0 Å². The molecule has 4 rings (SSSR count). The fourth-order valence-electron chi connectivity index (χ4n) is 3.91. The van der Waals surface area contributed by atoms with Crippen LogP contribution in [0.4, 0.5) is 5.69 Å². The second-order valence-corrected chi connectivity index (χ2v) is 9.95. The summed E-state index contributed by atoms with van der Waals surface area (Å²) in [5.41, 5.74) is 0.315. The molecule has 2 amide bonds. The van der Waals surface area contributed by atoms with E-state index in [4.69, 9.17) is 4.42 Å². The lowest BCUT2D eigenvalue weighted by molar-refractivity contribution is -0.384. The van der Waals surface area contributed by atoms with Gasteiger partial charge in [0.2, 0.25) is 0 Å². The number of carbonyl (C=O) groups is 2. The maximum absolute atomic E-state index is 13.2. The lowest BCUT2D eigenvalue weighted by Crippen LogP contribution is -2.49. The average Bonchev–Trinajstić information content (AvgIpc) is 3.38. The summed E-state index contributed by atoms with van der Waals surface area (Å²) in [6.45, 7) is 1.47. The zero-order valence-electron chi connectivity index (χ0n) is 17.3. The maximum Gasteiger partial charge on any atom is 0.271 e. The van der Waals surface area contributed by atoms with Crippen molar-refractivity contribution in [3.8, 4) is 17.4 Å². The van der Waals surface area contributed by atoms with Crippen molar-refractivity contribution in [1.29, 1.82) is 5.26 Å². The number of nitro benzene ring substituents is 1. The Morgan fingerprint density at radius 2 is 2.00 bits per heavy atom. The van der Waals surface area contributed by atoms with Crippen molar-refractivity contribution >= 4 is 33.4 Å². The SMILES string of the molecule is CC1=C(C#N)C(=O)N([C@@H]2CCS(=O)(=O)C2)C(=O)/C1=C/c1ccc(-c2cccc([N+](=O)[O-])c2)o1. The van der Waals surface area contributed by atoms with Crippen molar-refractivity contribution in [1.82, 2.24) is 4.90 Å². The quantitative estimate of drug-likeness (QED) is 0.288. The molecule has 33 heavy (non-hydrogen) atoms. The standard InChI is InChI=1S/C22H17N3O7S/c1-13-18(10-17-5-6-20(32-17)14-3-2-4-15(9-14)25(28)29)21(26)24(22(27)19(13)11-23)16-7-8-33(30,31)12-16/h2-6,9-10,16H,7-8,12H2,1H3/b18-10+/t16-/m1/s1. The van der Waals surface area contributed by atoms with E-state index in [-0.39, 0.29) is 46.1 Å². The number of nitriles is 1. The van der Waals surface area contributed by atoms with E-state index in [9.17, 15) is 33.4 Å². The van der Waals surface area contributed by atoms with E-state index < -0.39 is 32.6 Å². The molecule has 0 aliphatic carbocycles. The largest absolute Gasteiger partial charge is 0.457 e. The first-order chi connectivity index (χ1) is 15.6. The Bertz CT molecular complexity index is 1410. The molecule has 1 atom stereocenters. The third-order valence-corrected chi connectivity index (χ3v) is 7.35. The molecule has 2 aliphatic heterocycles. The first kappa shape index (κ1) is 22.2. The molecule has 3 heterocycles. The summed E-state index contributed by atoms with van der Waals surface area (Å²) in [5.74, 6) is -1.44. The maximum atomic E-state index is 13.2. The van der Waals surface area contributed by atoms with Gasteiger partial charge in [0.05, 0.1) is 22.5 Å². The van der Waals surface area contributed by atoms with Crippen molar-refractivity contribution in [3.05, 3.63) is 69.0 Å². The van der Waals surface area contributed by atoms with Crippen LogP contribution in [-0.2, 0) is 19.4 Å². The van der Waals surface area contributed by atoms with Crippen LogP contribution in [0.3, 0.4) is 0 Å². The van der Waals surface area contributed by atoms with Crippen LogP contribution in [0.1, 0.15) is 19.1 Å². The summed E-state index contributed by atoms with van der Waals surface area (Å²) in [5, 5.41) is 20.5. The number of sulfone groups is 1. The average molecular weight is 467 g/mol. The van der Waals surface area contributed by atoms with Crippen molar-refractivity contribution in [2.75, 3.05) is 11.5 Å². The highest BCUT2D eigenvalue weighted by molar-refractivity contribution is 7.91. The molecule has 2 aliphatic rings. The Hall–Kier alpha value is -4.04. The number of non-ortho nitro benzene ring substituents is 1. The number of benzene rings is 1. The third-order valence-electron chi connectivity index (χ3n) is 5.60. The Kier molecular flexibility index (Phi) is 5.47. The molecule has 0 spiro atoms. The number of rotatable bonds is 4. The Balaban J connectivity index is 1.73. The summed E-state index contributed by atoms with van der Waals surface area (Å²) in [4.78, 5) is 37.3. The molecule has 0 bridgehead atoms. The number of nitro groups is 1. The van der Waals surface area contributed by atoms with Gasteiger partial charge in [-0.3, -0.25) is 24.6 Å². The van der Waals surface area contributed by atoms with Crippen LogP contribution in [0.25, 0.3) is 17.4 Å². The fourth-order valence-corrected chi connectivity index (χ4v) is 5.61. The minimum atomic E-state index is -3.37. The molecule has 0 saturated carbocycles. The number of hydrogen-bond acceptors (Lipinski definition) is 8. The van der Waals surface area contributed by atoms with E-state index >= 15 is 0 Å². The zero-order valence-corrected chi connectivity index (χ0v) is 18.2. The van der Waals surface area contributed by atoms with Crippen molar-refractivity contribution in [2.45, 2.75) is 19.4 Å². The van der Waals surface area contributed by atoms with Crippen LogP contribution < -0.4 is 0 Å². The van der Waals surface area contributed by atoms with E-state index in [2.05, 4.69) is 0 Å². The van der Waals surface area contributed by atoms with Gasteiger partial charge < -0.3 is 4.42 Å². The number of amides is 2.